The van der Waals surface area contributed by atoms with E-state index in [0.717, 1.165) is 7.05 Å². The van der Waals surface area contributed by atoms with Gasteiger partial charge in [0.2, 0.25) is 10.0 Å². The largest absolute Gasteiger partial charge is 0.402 e. The molecule has 0 aliphatic carbocycles. The van der Waals surface area contributed by atoms with E-state index in [4.69, 9.17) is 5.11 Å². The zero-order valence-corrected chi connectivity index (χ0v) is 11.2. The molecule has 0 aliphatic heterocycles. The molecule has 0 saturated heterocycles. The molecule has 0 spiro atoms. The molecule has 1 aromatic carbocycles. The number of halogens is 3. The number of nitrogens with zero attached hydrogens (tertiary/aromatic N) is 1. The molecule has 0 saturated carbocycles. The third-order valence-electron chi connectivity index (χ3n) is 2.53. The summed E-state index contributed by atoms with van der Waals surface area (Å²) in [7, 11) is -3.36. The Morgan fingerprint density at radius 2 is 1.89 bits per heavy atom. The van der Waals surface area contributed by atoms with E-state index in [9.17, 15) is 21.6 Å². The number of aliphatic hydroxyl groups excluding tert-OH is 1. The van der Waals surface area contributed by atoms with Crippen molar-refractivity contribution < 1.29 is 26.7 Å². The van der Waals surface area contributed by atoms with Crippen molar-refractivity contribution in [2.45, 2.75) is 24.6 Å². The normalized spacial score (nSPS) is 13.0. The molecule has 0 bridgehead atoms. The highest BCUT2D eigenvalue weighted by atomic mass is 32.2. The maximum Gasteiger partial charge on any atom is 0.402 e. The van der Waals surface area contributed by atoms with E-state index < -0.39 is 22.7 Å². The van der Waals surface area contributed by atoms with Gasteiger partial charge in [-0.05, 0) is 24.1 Å². The van der Waals surface area contributed by atoms with E-state index in [1.807, 2.05) is 0 Å². The average molecular weight is 297 g/mol. The van der Waals surface area contributed by atoms with Crippen molar-refractivity contribution in [2.24, 2.45) is 0 Å². The number of aliphatic hydroxyl groups is 1. The molecule has 1 rings (SSSR count). The number of sulfonamides is 1. The molecule has 0 aromatic heterocycles. The van der Waals surface area contributed by atoms with Crippen LogP contribution in [0, 0.1) is 6.92 Å². The lowest BCUT2D eigenvalue weighted by molar-refractivity contribution is -0.134. The third kappa shape index (κ3) is 3.92. The smallest absolute Gasteiger partial charge is 0.392 e. The van der Waals surface area contributed by atoms with Gasteiger partial charge >= 0.3 is 6.18 Å². The van der Waals surface area contributed by atoms with Crippen LogP contribution in [-0.4, -0.2) is 37.6 Å². The summed E-state index contributed by atoms with van der Waals surface area (Å²) in [6.45, 7) is -0.459. The van der Waals surface area contributed by atoms with Crippen molar-refractivity contribution in [3.63, 3.8) is 0 Å². The second-order valence-corrected chi connectivity index (χ2v) is 6.15. The summed E-state index contributed by atoms with van der Waals surface area (Å²) in [6, 6.07) is 4.13. The number of benzene rings is 1. The Morgan fingerprint density at radius 1 is 1.32 bits per heavy atom. The standard InChI is InChI=1S/C11H14F3NO3S/c1-8-3-4-9(6-16)5-10(8)19(17,18)15(2)7-11(12,13)14/h3-5,16H,6-7H2,1-2H3. The predicted molar refractivity (Wildman–Crippen MR) is 63.0 cm³/mol. The number of aryl methyl sites for hydroxylation is 1. The van der Waals surface area contributed by atoms with E-state index in [-0.39, 0.29) is 15.8 Å². The van der Waals surface area contributed by atoms with Gasteiger partial charge in [-0.15, -0.1) is 0 Å². The van der Waals surface area contributed by atoms with Gasteiger partial charge in [-0.2, -0.15) is 17.5 Å². The Bertz CT molecular complexity index is 555. The van der Waals surface area contributed by atoms with Gasteiger partial charge in [0.15, 0.2) is 0 Å². The summed E-state index contributed by atoms with van der Waals surface area (Å²) in [5.74, 6) is 0. The molecule has 0 fully saturated rings. The Kier molecular flexibility index (Phi) is 4.59. The van der Waals surface area contributed by atoms with Gasteiger partial charge in [0.05, 0.1) is 11.5 Å². The van der Waals surface area contributed by atoms with Crippen LogP contribution >= 0.6 is 0 Å². The second kappa shape index (κ2) is 5.48. The van der Waals surface area contributed by atoms with Crippen molar-refractivity contribution >= 4 is 10.0 Å². The van der Waals surface area contributed by atoms with Gasteiger partial charge in [-0.3, -0.25) is 0 Å². The van der Waals surface area contributed by atoms with Crippen LogP contribution in [0.4, 0.5) is 13.2 Å². The minimum Gasteiger partial charge on any atom is -0.392 e. The van der Waals surface area contributed by atoms with E-state index in [0.29, 0.717) is 11.1 Å². The third-order valence-corrected chi connectivity index (χ3v) is 4.47. The number of rotatable bonds is 4. The van der Waals surface area contributed by atoms with Crippen molar-refractivity contribution in [2.75, 3.05) is 13.6 Å². The van der Waals surface area contributed by atoms with E-state index in [1.165, 1.54) is 25.1 Å². The van der Waals surface area contributed by atoms with Crippen LogP contribution in [0.3, 0.4) is 0 Å². The highest BCUT2D eigenvalue weighted by molar-refractivity contribution is 7.89. The predicted octanol–water partition coefficient (Wildman–Crippen LogP) is 1.67. The first-order chi connectivity index (χ1) is 8.58. The maximum absolute atomic E-state index is 12.3. The van der Waals surface area contributed by atoms with Gasteiger partial charge in [-0.1, -0.05) is 12.1 Å². The molecule has 1 aromatic rings. The maximum atomic E-state index is 12.3. The average Bonchev–Trinajstić information content (AvgIpc) is 2.27. The summed E-state index contributed by atoms with van der Waals surface area (Å²) in [5, 5.41) is 8.96. The topological polar surface area (TPSA) is 57.6 Å². The Balaban J connectivity index is 3.20. The first kappa shape index (κ1) is 15.9. The van der Waals surface area contributed by atoms with Gasteiger partial charge in [0.1, 0.15) is 6.54 Å². The molecule has 0 unspecified atom stereocenters. The van der Waals surface area contributed by atoms with Crippen LogP contribution in [0.25, 0.3) is 0 Å². The van der Waals surface area contributed by atoms with Crippen molar-refractivity contribution in [1.82, 2.24) is 4.31 Å². The highest BCUT2D eigenvalue weighted by Crippen LogP contribution is 2.24. The quantitative estimate of drug-likeness (QED) is 0.919. The number of hydrogen-bond donors (Lipinski definition) is 1. The van der Waals surface area contributed by atoms with E-state index in [2.05, 4.69) is 0 Å². The summed E-state index contributed by atoms with van der Waals surface area (Å²) in [4.78, 5) is -0.231. The summed E-state index contributed by atoms with van der Waals surface area (Å²) in [6.07, 6.45) is -4.61. The molecular formula is C11H14F3NO3S. The Morgan fingerprint density at radius 3 is 2.37 bits per heavy atom. The summed E-state index contributed by atoms with van der Waals surface area (Å²) in [5.41, 5.74) is 0.649. The summed E-state index contributed by atoms with van der Waals surface area (Å²) >= 11 is 0. The second-order valence-electron chi connectivity index (χ2n) is 4.13. The number of hydrogen-bond acceptors (Lipinski definition) is 3. The monoisotopic (exact) mass is 297 g/mol. The van der Waals surface area contributed by atoms with Crippen LogP contribution < -0.4 is 0 Å². The lowest BCUT2D eigenvalue weighted by atomic mass is 10.2. The zero-order valence-electron chi connectivity index (χ0n) is 10.4. The molecule has 0 amide bonds. The number of alkyl halides is 3. The van der Waals surface area contributed by atoms with Crippen LogP contribution in [0.15, 0.2) is 23.1 Å². The molecule has 19 heavy (non-hydrogen) atoms. The minimum atomic E-state index is -4.61. The molecule has 0 heterocycles. The zero-order chi connectivity index (χ0) is 14.8. The SMILES string of the molecule is Cc1ccc(CO)cc1S(=O)(=O)N(C)CC(F)(F)F. The fourth-order valence-electron chi connectivity index (χ4n) is 1.53. The first-order valence-corrected chi connectivity index (χ1v) is 6.75. The highest BCUT2D eigenvalue weighted by Gasteiger charge is 2.35. The van der Waals surface area contributed by atoms with Gasteiger partial charge in [0.25, 0.3) is 0 Å². The van der Waals surface area contributed by atoms with Crippen LogP contribution in [0.2, 0.25) is 0 Å². The Labute approximate surface area is 109 Å². The van der Waals surface area contributed by atoms with Gasteiger partial charge in [-0.25, -0.2) is 8.42 Å². The Hall–Kier alpha value is -1.12. The molecular weight excluding hydrogens is 283 g/mol. The van der Waals surface area contributed by atoms with Gasteiger partial charge in [0, 0.05) is 7.05 Å². The molecule has 108 valence electrons. The molecule has 0 aliphatic rings. The van der Waals surface area contributed by atoms with Crippen molar-refractivity contribution in [3.8, 4) is 0 Å². The van der Waals surface area contributed by atoms with Crippen LogP contribution in [0.1, 0.15) is 11.1 Å². The van der Waals surface area contributed by atoms with Crippen molar-refractivity contribution in [3.05, 3.63) is 29.3 Å². The lowest BCUT2D eigenvalue weighted by Gasteiger charge is -2.20. The fourth-order valence-corrected chi connectivity index (χ4v) is 2.95. The molecule has 0 atom stereocenters. The fraction of sp³-hybridized carbons (Fsp3) is 0.455. The molecule has 0 radical (unpaired) electrons. The molecule has 8 heteroatoms. The van der Waals surface area contributed by atoms with E-state index in [1.54, 1.807) is 0 Å². The van der Waals surface area contributed by atoms with E-state index >= 15 is 0 Å². The van der Waals surface area contributed by atoms with Gasteiger partial charge < -0.3 is 5.11 Å². The van der Waals surface area contributed by atoms with Crippen molar-refractivity contribution in [1.29, 1.82) is 0 Å². The molecule has 4 nitrogen and oxygen atoms in total. The summed E-state index contributed by atoms with van der Waals surface area (Å²) < 4.78 is 61.1. The van der Waals surface area contributed by atoms with Crippen LogP contribution in [-0.2, 0) is 16.6 Å². The first-order valence-electron chi connectivity index (χ1n) is 5.31. The lowest BCUT2D eigenvalue weighted by Crippen LogP contribution is -2.36. The minimum absolute atomic E-state index is 0.231. The van der Waals surface area contributed by atoms with Crippen LogP contribution in [0.5, 0.6) is 0 Å². The molecule has 1 N–H and O–H groups in total.